The quantitative estimate of drug-likeness (QED) is 0.632. The molecule has 1 amide bonds. The Kier molecular flexibility index (Phi) is 16.8. The summed E-state index contributed by atoms with van der Waals surface area (Å²) in [6, 6.07) is -1.28. The zero-order valence-corrected chi connectivity index (χ0v) is 19.7. The average molecular weight is 413 g/mol. The Morgan fingerprint density at radius 2 is 1.89 bits per heavy atom. The summed E-state index contributed by atoms with van der Waals surface area (Å²) < 4.78 is 4.96. The van der Waals surface area contributed by atoms with Gasteiger partial charge in [0.25, 0.3) is 0 Å². The highest BCUT2D eigenvalue weighted by molar-refractivity contribution is 8.00. The molecule has 0 bridgehead atoms. The minimum atomic E-state index is -0.646. The molecule has 162 valence electrons. The fraction of sp³-hybridized carbons (Fsp3) is 0.636. The van der Waals surface area contributed by atoms with E-state index < -0.39 is 18.1 Å². The lowest BCUT2D eigenvalue weighted by Gasteiger charge is -2.23. The molecular weight excluding hydrogens is 372 g/mol. The van der Waals surface area contributed by atoms with Crippen LogP contribution in [0.4, 0.5) is 0 Å². The Balaban J connectivity index is 0. The number of allylic oxidation sites excluding steroid dienone is 6. The van der Waals surface area contributed by atoms with E-state index >= 15 is 0 Å². The fourth-order valence-electron chi connectivity index (χ4n) is 1.73. The van der Waals surface area contributed by atoms with Crippen molar-refractivity contribution in [3.05, 3.63) is 36.0 Å². The van der Waals surface area contributed by atoms with Crippen LogP contribution in [-0.2, 0) is 14.3 Å². The van der Waals surface area contributed by atoms with E-state index in [0.29, 0.717) is 12.4 Å². The molecule has 0 aliphatic heterocycles. The molecule has 0 fully saturated rings. The second-order valence-electron chi connectivity index (χ2n) is 7.00. The number of nitrogens with one attached hydrogen (secondary N) is 1. The molecule has 3 N–H and O–H groups in total. The van der Waals surface area contributed by atoms with Crippen LogP contribution in [0.25, 0.3) is 0 Å². The van der Waals surface area contributed by atoms with Gasteiger partial charge in [-0.15, -0.1) is 0 Å². The lowest BCUT2D eigenvalue weighted by atomic mass is 10.2. The van der Waals surface area contributed by atoms with Gasteiger partial charge in [-0.05, 0) is 27.2 Å². The molecule has 6 heteroatoms. The van der Waals surface area contributed by atoms with Gasteiger partial charge in [-0.2, -0.15) is 11.8 Å². The normalized spacial score (nSPS) is 14.8. The van der Waals surface area contributed by atoms with E-state index in [0.717, 1.165) is 6.42 Å². The molecule has 0 heterocycles. The average Bonchev–Trinajstić information content (AvgIpc) is 2.87. The Morgan fingerprint density at radius 3 is 2.39 bits per heavy atom. The van der Waals surface area contributed by atoms with Crippen LogP contribution in [0.15, 0.2) is 36.0 Å². The third-order valence-electron chi connectivity index (χ3n) is 3.17. The Bertz CT molecular complexity index is 530. The van der Waals surface area contributed by atoms with E-state index in [1.54, 1.807) is 25.6 Å². The van der Waals surface area contributed by atoms with Crippen molar-refractivity contribution in [2.45, 2.75) is 78.6 Å². The SMILES string of the molecule is CC.CC1=CCC=CC=C1.CCOC(=O)[C@H](CSC(C)(C)C)NC(=O)C(C)N. The van der Waals surface area contributed by atoms with Crippen molar-refractivity contribution in [3.63, 3.8) is 0 Å². The summed E-state index contributed by atoms with van der Waals surface area (Å²) in [4.78, 5) is 23.3. The highest BCUT2D eigenvalue weighted by Gasteiger charge is 2.25. The topological polar surface area (TPSA) is 81.4 Å². The van der Waals surface area contributed by atoms with Crippen LogP contribution in [0, 0.1) is 0 Å². The molecule has 0 saturated carbocycles. The van der Waals surface area contributed by atoms with E-state index in [1.807, 2.05) is 34.6 Å². The lowest BCUT2D eigenvalue weighted by molar-refractivity contribution is -0.146. The van der Waals surface area contributed by atoms with Crippen LogP contribution in [0.2, 0.25) is 0 Å². The summed E-state index contributed by atoms with van der Waals surface area (Å²) in [5, 5.41) is 2.61. The van der Waals surface area contributed by atoms with Gasteiger partial charge in [-0.3, -0.25) is 4.79 Å². The minimum absolute atomic E-state index is 0.0177. The second kappa shape index (κ2) is 16.4. The van der Waals surface area contributed by atoms with Crippen LogP contribution in [0.3, 0.4) is 0 Å². The highest BCUT2D eigenvalue weighted by Crippen LogP contribution is 2.24. The van der Waals surface area contributed by atoms with Crippen molar-refractivity contribution in [1.82, 2.24) is 5.32 Å². The van der Waals surface area contributed by atoms with Gasteiger partial charge in [0.05, 0.1) is 12.6 Å². The largest absolute Gasteiger partial charge is 0.464 e. The predicted molar refractivity (Wildman–Crippen MR) is 122 cm³/mol. The van der Waals surface area contributed by atoms with Gasteiger partial charge in [-0.25, -0.2) is 4.79 Å². The molecule has 1 aliphatic rings. The second-order valence-corrected chi connectivity index (χ2v) is 8.84. The predicted octanol–water partition coefficient (Wildman–Crippen LogP) is 4.39. The molecule has 0 aromatic carbocycles. The third-order valence-corrected chi connectivity index (χ3v) is 4.53. The molecule has 0 aromatic rings. The van der Waals surface area contributed by atoms with Crippen molar-refractivity contribution in [2.24, 2.45) is 5.73 Å². The number of amides is 1. The van der Waals surface area contributed by atoms with Crippen molar-refractivity contribution < 1.29 is 14.3 Å². The summed E-state index contributed by atoms with van der Waals surface area (Å²) >= 11 is 1.59. The Hall–Kier alpha value is -1.53. The molecular formula is C22H40N2O3S. The van der Waals surface area contributed by atoms with Gasteiger partial charge in [0.15, 0.2) is 0 Å². The summed E-state index contributed by atoms with van der Waals surface area (Å²) in [5.41, 5.74) is 6.83. The molecule has 1 aliphatic carbocycles. The third kappa shape index (κ3) is 16.6. The molecule has 5 nitrogen and oxygen atoms in total. The Labute approximate surface area is 176 Å². The summed E-state index contributed by atoms with van der Waals surface area (Å²) in [7, 11) is 0. The van der Waals surface area contributed by atoms with Crippen molar-refractivity contribution >= 4 is 23.6 Å². The molecule has 0 saturated heterocycles. The van der Waals surface area contributed by atoms with E-state index in [4.69, 9.17) is 10.5 Å². The number of thioether (sulfide) groups is 1. The first-order valence-electron chi connectivity index (χ1n) is 9.93. The smallest absolute Gasteiger partial charge is 0.329 e. The fourth-order valence-corrected chi connectivity index (χ4v) is 2.62. The van der Waals surface area contributed by atoms with E-state index in [2.05, 4.69) is 42.6 Å². The summed E-state index contributed by atoms with van der Waals surface area (Å²) in [5.74, 6) is -0.285. The number of nitrogens with two attached hydrogens (primary N) is 1. The number of esters is 1. The molecule has 28 heavy (non-hydrogen) atoms. The molecule has 2 atom stereocenters. The molecule has 0 radical (unpaired) electrons. The first-order chi connectivity index (χ1) is 13.1. The van der Waals surface area contributed by atoms with E-state index in [9.17, 15) is 9.59 Å². The summed E-state index contributed by atoms with van der Waals surface area (Å²) in [6.07, 6.45) is 11.7. The number of ether oxygens (including phenoxy) is 1. The van der Waals surface area contributed by atoms with Gasteiger partial charge in [0, 0.05) is 10.5 Å². The highest BCUT2D eigenvalue weighted by atomic mass is 32.2. The van der Waals surface area contributed by atoms with Crippen molar-refractivity contribution in [3.8, 4) is 0 Å². The number of carbonyl (C=O) groups is 2. The van der Waals surface area contributed by atoms with Gasteiger partial charge >= 0.3 is 5.97 Å². The lowest BCUT2D eigenvalue weighted by Crippen LogP contribution is -2.49. The van der Waals surface area contributed by atoms with Crippen molar-refractivity contribution in [2.75, 3.05) is 12.4 Å². The maximum absolute atomic E-state index is 11.7. The molecule has 0 aromatic heterocycles. The molecule has 1 rings (SSSR count). The molecule has 0 spiro atoms. The van der Waals surface area contributed by atoms with Gasteiger partial charge in [-0.1, -0.05) is 70.6 Å². The molecule has 1 unspecified atom stereocenters. The van der Waals surface area contributed by atoms with Crippen LogP contribution in [0.1, 0.15) is 61.8 Å². The van der Waals surface area contributed by atoms with Crippen LogP contribution in [-0.4, -0.2) is 41.1 Å². The first kappa shape index (κ1) is 28.7. The standard InChI is InChI=1S/C12H24N2O3S.C8H10.C2H6/c1-6-17-11(16)9(7-18-12(3,4)5)14-10(15)8(2)13;1-8-6-4-2-3-5-7-8;1-2/h8-9H,6-7,13H2,1-5H3,(H,14,15);2-4,6-7H,5H2,1H3;1-2H3/t8?,9-;;/m0../s1. The minimum Gasteiger partial charge on any atom is -0.464 e. The maximum atomic E-state index is 11.7. The number of hydrogen-bond acceptors (Lipinski definition) is 5. The zero-order valence-electron chi connectivity index (χ0n) is 18.9. The first-order valence-corrected chi connectivity index (χ1v) is 10.9. The number of carbonyl (C=O) groups excluding carboxylic acids is 2. The number of rotatable bonds is 6. The maximum Gasteiger partial charge on any atom is 0.329 e. The van der Waals surface area contributed by atoms with Gasteiger partial charge < -0.3 is 15.8 Å². The van der Waals surface area contributed by atoms with E-state index in [1.165, 1.54) is 5.57 Å². The van der Waals surface area contributed by atoms with Crippen LogP contribution in [0.5, 0.6) is 0 Å². The van der Waals surface area contributed by atoms with E-state index in [-0.39, 0.29) is 10.7 Å². The van der Waals surface area contributed by atoms with Crippen molar-refractivity contribution in [1.29, 1.82) is 0 Å². The van der Waals surface area contributed by atoms with Crippen LogP contribution >= 0.6 is 11.8 Å². The van der Waals surface area contributed by atoms with Gasteiger partial charge in [0.1, 0.15) is 6.04 Å². The Morgan fingerprint density at radius 1 is 1.29 bits per heavy atom. The van der Waals surface area contributed by atoms with Gasteiger partial charge in [0.2, 0.25) is 5.91 Å². The van der Waals surface area contributed by atoms with Crippen LogP contribution < -0.4 is 11.1 Å². The number of hydrogen-bond donors (Lipinski definition) is 2. The zero-order chi connectivity index (χ0) is 22.2. The summed E-state index contributed by atoms with van der Waals surface area (Å²) in [6.45, 7) is 15.9. The monoisotopic (exact) mass is 412 g/mol.